The summed E-state index contributed by atoms with van der Waals surface area (Å²) in [5, 5.41) is 0.592. The summed E-state index contributed by atoms with van der Waals surface area (Å²) in [6.45, 7) is 0.456. The molecule has 0 amide bonds. The van der Waals surface area contributed by atoms with Gasteiger partial charge in [0.15, 0.2) is 0 Å². The van der Waals surface area contributed by atoms with Crippen molar-refractivity contribution in [3.63, 3.8) is 0 Å². The van der Waals surface area contributed by atoms with Gasteiger partial charge in [0.25, 0.3) is 0 Å². The summed E-state index contributed by atoms with van der Waals surface area (Å²) in [5.74, 6) is 0.772. The van der Waals surface area contributed by atoms with E-state index in [4.69, 9.17) is 16.3 Å². The highest BCUT2D eigenvalue weighted by atomic mass is 35.5. The molecule has 0 aliphatic rings. The number of aromatic nitrogens is 4. The van der Waals surface area contributed by atoms with Gasteiger partial charge in [0.05, 0.1) is 42.1 Å². The van der Waals surface area contributed by atoms with Gasteiger partial charge in [-0.3, -0.25) is 9.78 Å². The third-order valence-electron chi connectivity index (χ3n) is 4.41. The first-order valence-electron chi connectivity index (χ1n) is 8.64. The van der Waals surface area contributed by atoms with Crippen LogP contribution in [0.25, 0.3) is 22.5 Å². The number of H-pyrrole nitrogens is 1. The highest BCUT2D eigenvalue weighted by Gasteiger charge is 2.16. The Hall–Kier alpha value is -3.38. The van der Waals surface area contributed by atoms with Gasteiger partial charge in [0.2, 0.25) is 5.56 Å². The van der Waals surface area contributed by atoms with Crippen LogP contribution in [0.4, 0.5) is 0 Å². The Morgan fingerprint density at radius 3 is 2.54 bits per heavy atom. The molecule has 0 spiro atoms. The van der Waals surface area contributed by atoms with E-state index in [1.807, 2.05) is 34.9 Å². The molecule has 0 fully saturated rings. The number of imidazole rings is 1. The summed E-state index contributed by atoms with van der Waals surface area (Å²) in [6, 6.07) is 14.6. The summed E-state index contributed by atoms with van der Waals surface area (Å²) < 4.78 is 7.22. The number of hydrogen-bond donors (Lipinski definition) is 1. The maximum Gasteiger partial charge on any atom is 0.247 e. The predicted molar refractivity (Wildman–Crippen MR) is 109 cm³/mol. The Labute approximate surface area is 166 Å². The van der Waals surface area contributed by atoms with E-state index in [9.17, 15) is 4.79 Å². The van der Waals surface area contributed by atoms with Gasteiger partial charge in [-0.2, -0.15) is 0 Å². The van der Waals surface area contributed by atoms with E-state index in [1.165, 1.54) is 6.07 Å². The largest absolute Gasteiger partial charge is 0.497 e. The summed E-state index contributed by atoms with van der Waals surface area (Å²) in [7, 11) is 1.63. The summed E-state index contributed by atoms with van der Waals surface area (Å²) in [4.78, 5) is 23.2. The third-order valence-corrected chi connectivity index (χ3v) is 4.76. The molecule has 140 valence electrons. The summed E-state index contributed by atoms with van der Waals surface area (Å²) in [6.07, 6.45) is 5.15. The number of hydrogen-bond acceptors (Lipinski definition) is 4. The third kappa shape index (κ3) is 3.54. The molecular weight excluding hydrogens is 376 g/mol. The smallest absolute Gasteiger partial charge is 0.247 e. The second kappa shape index (κ2) is 7.70. The maximum atomic E-state index is 11.5. The molecule has 1 N–H and O–H groups in total. The van der Waals surface area contributed by atoms with Crippen molar-refractivity contribution in [3.05, 3.63) is 88.3 Å². The van der Waals surface area contributed by atoms with Gasteiger partial charge in [0, 0.05) is 29.6 Å². The van der Waals surface area contributed by atoms with Crippen molar-refractivity contribution < 1.29 is 4.74 Å². The lowest BCUT2D eigenvalue weighted by molar-refractivity contribution is 0.415. The first kappa shape index (κ1) is 18.0. The van der Waals surface area contributed by atoms with Crippen LogP contribution in [0.2, 0.25) is 5.02 Å². The molecule has 0 aliphatic carbocycles. The van der Waals surface area contributed by atoms with Crippen LogP contribution >= 0.6 is 11.6 Å². The summed E-state index contributed by atoms with van der Waals surface area (Å²) in [5.41, 5.74) is 4.02. The lowest BCUT2D eigenvalue weighted by Gasteiger charge is -2.11. The molecule has 0 saturated carbocycles. The molecule has 1 aromatic carbocycles. The molecule has 0 bridgehead atoms. The molecule has 3 aromatic heterocycles. The van der Waals surface area contributed by atoms with Gasteiger partial charge in [-0.05, 0) is 42.5 Å². The number of rotatable bonds is 5. The number of halogens is 1. The second-order valence-corrected chi connectivity index (χ2v) is 6.58. The number of aromatic amines is 1. The van der Waals surface area contributed by atoms with Crippen LogP contribution in [-0.2, 0) is 6.54 Å². The van der Waals surface area contributed by atoms with Crippen LogP contribution < -0.4 is 10.3 Å². The molecule has 3 heterocycles. The van der Waals surface area contributed by atoms with E-state index in [-0.39, 0.29) is 5.56 Å². The van der Waals surface area contributed by atoms with E-state index < -0.39 is 0 Å². The van der Waals surface area contributed by atoms with Crippen LogP contribution in [0, 0.1) is 0 Å². The second-order valence-electron chi connectivity index (χ2n) is 6.17. The van der Waals surface area contributed by atoms with Crippen LogP contribution in [0.5, 0.6) is 5.75 Å². The van der Waals surface area contributed by atoms with Crippen molar-refractivity contribution in [2.45, 2.75) is 6.54 Å². The Balaban J connectivity index is 1.84. The van der Waals surface area contributed by atoms with Crippen molar-refractivity contribution in [1.82, 2.24) is 19.5 Å². The summed E-state index contributed by atoms with van der Waals surface area (Å²) >= 11 is 6.29. The Morgan fingerprint density at radius 1 is 1.07 bits per heavy atom. The van der Waals surface area contributed by atoms with Gasteiger partial charge in [-0.15, -0.1) is 0 Å². The Morgan fingerprint density at radius 2 is 1.86 bits per heavy atom. The predicted octanol–water partition coefficient (Wildman–Crippen LogP) is 4.01. The molecule has 0 saturated heterocycles. The zero-order valence-electron chi connectivity index (χ0n) is 15.1. The zero-order chi connectivity index (χ0) is 19.5. The van der Waals surface area contributed by atoms with Crippen molar-refractivity contribution in [3.8, 4) is 28.3 Å². The van der Waals surface area contributed by atoms with Gasteiger partial charge in [-0.25, -0.2) is 4.98 Å². The zero-order valence-corrected chi connectivity index (χ0v) is 15.8. The fourth-order valence-electron chi connectivity index (χ4n) is 3.02. The molecule has 7 heteroatoms. The Bertz CT molecular complexity index is 1150. The van der Waals surface area contributed by atoms with E-state index >= 15 is 0 Å². The van der Waals surface area contributed by atoms with E-state index in [1.54, 1.807) is 38.0 Å². The molecular formula is C21H17ClN4O2. The van der Waals surface area contributed by atoms with Gasteiger partial charge < -0.3 is 14.3 Å². The van der Waals surface area contributed by atoms with Crippen molar-refractivity contribution in [2.75, 3.05) is 7.11 Å². The molecule has 0 unspecified atom stereocenters. The van der Waals surface area contributed by atoms with Gasteiger partial charge in [-0.1, -0.05) is 11.6 Å². The molecule has 6 nitrogen and oxygen atoms in total. The highest BCUT2D eigenvalue weighted by Crippen LogP contribution is 2.32. The van der Waals surface area contributed by atoms with Crippen molar-refractivity contribution >= 4 is 11.6 Å². The van der Waals surface area contributed by atoms with E-state index in [0.29, 0.717) is 11.6 Å². The van der Waals surface area contributed by atoms with Crippen LogP contribution in [0.3, 0.4) is 0 Å². The number of ether oxygens (including phenoxy) is 1. The average Bonchev–Trinajstić information content (AvgIpc) is 3.14. The fourth-order valence-corrected chi connectivity index (χ4v) is 3.20. The lowest BCUT2D eigenvalue weighted by Crippen LogP contribution is -2.06. The minimum Gasteiger partial charge on any atom is -0.497 e. The lowest BCUT2D eigenvalue weighted by atomic mass is 10.1. The molecule has 28 heavy (non-hydrogen) atoms. The maximum absolute atomic E-state index is 11.5. The fraction of sp³-hybridized carbons (Fsp3) is 0.0952. The van der Waals surface area contributed by atoms with Gasteiger partial charge in [0.1, 0.15) is 5.75 Å². The number of methoxy groups -OCH3 is 1. The molecule has 0 aliphatic heterocycles. The topological polar surface area (TPSA) is 72.8 Å². The SMILES string of the molecule is COc1ccc(-c2ncn(Cc3ncccc3Cl)c2-c2ccc(=O)[nH]c2)cc1. The molecule has 0 atom stereocenters. The normalized spacial score (nSPS) is 10.8. The quantitative estimate of drug-likeness (QED) is 0.557. The number of benzene rings is 1. The number of pyridine rings is 2. The molecule has 4 rings (SSSR count). The highest BCUT2D eigenvalue weighted by molar-refractivity contribution is 6.31. The van der Waals surface area contributed by atoms with Crippen molar-refractivity contribution in [1.29, 1.82) is 0 Å². The standard InChI is InChI=1S/C21H17ClN4O2/c1-28-16-7-4-14(5-8-16)20-21(15-6-9-19(27)24-11-15)26(13-25-20)12-18-17(22)3-2-10-23-18/h2-11,13H,12H2,1H3,(H,24,27). The molecule has 4 aromatic rings. The monoisotopic (exact) mass is 392 g/mol. The average molecular weight is 393 g/mol. The number of nitrogens with one attached hydrogen (secondary N) is 1. The van der Waals surface area contributed by atoms with Crippen LogP contribution in [0.1, 0.15) is 5.69 Å². The molecule has 0 radical (unpaired) electrons. The van der Waals surface area contributed by atoms with Crippen molar-refractivity contribution in [2.24, 2.45) is 0 Å². The number of nitrogens with zero attached hydrogens (tertiary/aromatic N) is 3. The van der Waals surface area contributed by atoms with E-state index in [2.05, 4.69) is 15.0 Å². The minimum atomic E-state index is -0.159. The van der Waals surface area contributed by atoms with Crippen LogP contribution in [0.15, 0.2) is 72.0 Å². The van der Waals surface area contributed by atoms with Crippen LogP contribution in [-0.4, -0.2) is 26.6 Å². The Kier molecular flexibility index (Phi) is 4.95. The first-order chi connectivity index (χ1) is 13.7. The minimum absolute atomic E-state index is 0.159. The first-order valence-corrected chi connectivity index (χ1v) is 9.01. The van der Waals surface area contributed by atoms with E-state index in [0.717, 1.165) is 34.0 Å². The van der Waals surface area contributed by atoms with Gasteiger partial charge >= 0.3 is 0 Å².